The number of benzene rings is 4. The number of ether oxygens (including phenoxy) is 2. The number of cyclic esters (lactones) is 1. The largest absolute Gasteiger partial charge is 0.508 e. The lowest BCUT2D eigenvalue weighted by molar-refractivity contribution is -0.135. The minimum Gasteiger partial charge on any atom is -0.508 e. The standard InChI is InChI=1S/C69H83N5O6/c1-5-41(28-42-10-7-6-8-11-42)33-59-69-26-21-51-52-17-18-54-58(79-66(77)62(54)63(52)69)22-25-68-24-20-53(56(68)19-14-47-39-73-60(71-4)35-57(47)68)65(74-36-40(2)75)48-30-43(29-45(32-48)37-70-3)23-27-72-38-44-12-9-13-46(31-44)50-16-15-49(76)34-55(50)61(51)64(69)67(78)80-59/h6-13,15-16,22,29-34,40-41,47,51-53,56-57,60,63,65,70-76H,5,14,17-21,23-28,35-39H2,1-4H3/b58-22?,59-33-/t40-,41-,47-,51+,52-,53-,56-,57+,60-,63+,65+,68-,69+/m0/s1. The topological polar surface area (TPSA) is 153 Å². The van der Waals surface area contributed by atoms with Gasteiger partial charge in [0, 0.05) is 42.7 Å². The van der Waals surface area contributed by atoms with Gasteiger partial charge in [-0.05, 0) is 245 Å². The molecule has 0 unspecified atom stereocenters. The number of phenols is 1. The van der Waals surface area contributed by atoms with E-state index in [1.165, 1.54) is 28.7 Å². The van der Waals surface area contributed by atoms with Crippen molar-refractivity contribution in [1.82, 2.24) is 26.6 Å². The van der Waals surface area contributed by atoms with E-state index in [9.17, 15) is 10.2 Å². The van der Waals surface area contributed by atoms with Crippen molar-refractivity contribution in [3.05, 3.63) is 165 Å². The molecule has 14 bridgehead atoms. The maximum absolute atomic E-state index is 15.3. The van der Waals surface area contributed by atoms with Crippen molar-refractivity contribution < 1.29 is 29.3 Å². The molecule has 6 aliphatic carbocycles. The molecule has 0 radical (unpaired) electrons. The van der Waals surface area contributed by atoms with Gasteiger partial charge in [-0.1, -0.05) is 79.7 Å². The van der Waals surface area contributed by atoms with Crippen LogP contribution >= 0.6 is 0 Å². The number of hydrogen-bond donors (Lipinski definition) is 7. The first kappa shape index (κ1) is 53.6. The normalized spacial score (nSPS) is 32.8. The molecule has 420 valence electrons. The van der Waals surface area contributed by atoms with Gasteiger partial charge in [-0.25, -0.2) is 9.59 Å². The second-order valence-electron chi connectivity index (χ2n) is 25.6. The van der Waals surface area contributed by atoms with Crippen LogP contribution in [-0.2, 0) is 45.0 Å². The van der Waals surface area contributed by atoms with E-state index < -0.39 is 11.5 Å². The van der Waals surface area contributed by atoms with Gasteiger partial charge in [0.1, 0.15) is 17.3 Å². The van der Waals surface area contributed by atoms with E-state index in [1.807, 2.05) is 26.1 Å². The summed E-state index contributed by atoms with van der Waals surface area (Å²) >= 11 is 0. The summed E-state index contributed by atoms with van der Waals surface area (Å²) in [4.78, 5) is 30.6. The van der Waals surface area contributed by atoms with E-state index >= 15 is 9.59 Å². The number of rotatable bonds is 10. The highest BCUT2D eigenvalue weighted by Gasteiger charge is 2.69. The summed E-state index contributed by atoms with van der Waals surface area (Å²) in [5, 5.41) is 41.2. The maximum atomic E-state index is 15.3. The van der Waals surface area contributed by atoms with E-state index in [4.69, 9.17) is 9.47 Å². The molecule has 11 nitrogen and oxygen atoms in total. The summed E-state index contributed by atoms with van der Waals surface area (Å²) in [6.07, 6.45) is 16.3. The third-order valence-electron chi connectivity index (χ3n) is 21.4. The number of allylic oxidation sites excluding steroid dienone is 5. The molecule has 15 rings (SSSR count). The Labute approximate surface area is 473 Å². The summed E-state index contributed by atoms with van der Waals surface area (Å²) in [5.74, 6) is 2.55. The van der Waals surface area contributed by atoms with Crippen molar-refractivity contribution >= 4 is 17.5 Å². The van der Waals surface area contributed by atoms with Crippen molar-refractivity contribution in [1.29, 1.82) is 0 Å². The molecule has 5 aliphatic heterocycles. The minimum absolute atomic E-state index is 0.0321. The fourth-order valence-corrected chi connectivity index (χ4v) is 18.1. The second-order valence-corrected chi connectivity index (χ2v) is 25.6. The SMILES string of the molecule is CC[C@H](/C=C1\OC(=O)C2=C3c4cc(O)ccc4-c4cccc(c4)CNCCc4cc(CNC)cc(c4)[C@@H](NC[C@H](C)O)[C@H]4CC[C@@]5(CC=C6OC(=O)C7=C6CC[C@H]6[C@H]3CC[C@@]21[C@@H]76)[C@@H]1C[C@@H](NC)NC[C@@H]1CC[C@@H]45)Cc1ccccc1. The molecule has 5 fully saturated rings. The number of aromatic hydroxyl groups is 1. The number of piperidine rings is 1. The van der Waals surface area contributed by atoms with Gasteiger partial charge in [0.15, 0.2) is 0 Å². The Morgan fingerprint density at radius 3 is 2.52 bits per heavy atom. The van der Waals surface area contributed by atoms with Crippen LogP contribution in [0.4, 0.5) is 0 Å². The van der Waals surface area contributed by atoms with Crippen LogP contribution in [0, 0.1) is 58.2 Å². The maximum Gasteiger partial charge on any atom is 0.340 e. The molecule has 7 N–H and O–H groups in total. The monoisotopic (exact) mass is 1080 g/mol. The van der Waals surface area contributed by atoms with E-state index in [2.05, 4.69) is 126 Å². The van der Waals surface area contributed by atoms with Gasteiger partial charge in [0.05, 0.1) is 23.3 Å². The highest BCUT2D eigenvalue weighted by molar-refractivity contribution is 6.07. The van der Waals surface area contributed by atoms with Gasteiger partial charge in [-0.15, -0.1) is 0 Å². The van der Waals surface area contributed by atoms with E-state index in [1.54, 1.807) is 6.07 Å². The summed E-state index contributed by atoms with van der Waals surface area (Å²) in [7, 11) is 4.10. The number of carbonyl (C=O) groups is 2. The van der Waals surface area contributed by atoms with Crippen LogP contribution in [0.1, 0.15) is 124 Å². The quantitative estimate of drug-likeness (QED) is 0.0760. The average Bonchev–Trinajstić information content (AvgIpc) is 4.31. The third-order valence-corrected chi connectivity index (χ3v) is 21.4. The molecular formula is C69H83N5O6. The molecular weight excluding hydrogens is 995 g/mol. The molecule has 3 saturated carbocycles. The van der Waals surface area contributed by atoms with Crippen molar-refractivity contribution in [3.63, 3.8) is 0 Å². The minimum atomic E-state index is -0.889. The first-order valence-electron chi connectivity index (χ1n) is 30.6. The first-order chi connectivity index (χ1) is 39.0. The Morgan fingerprint density at radius 2 is 1.70 bits per heavy atom. The van der Waals surface area contributed by atoms with Crippen molar-refractivity contribution in [2.75, 3.05) is 33.7 Å². The zero-order valence-corrected chi connectivity index (χ0v) is 47.4. The number of nitrogens with one attached hydrogen (secondary N) is 5. The van der Waals surface area contributed by atoms with Crippen LogP contribution in [0.3, 0.4) is 0 Å². The molecule has 4 aromatic rings. The number of phenolic OH excluding ortho intramolecular Hbond substituents is 1. The summed E-state index contributed by atoms with van der Waals surface area (Å²) < 4.78 is 13.5. The molecule has 5 heterocycles. The second kappa shape index (κ2) is 21.9. The van der Waals surface area contributed by atoms with E-state index in [-0.39, 0.29) is 59.0 Å². The zero-order valence-electron chi connectivity index (χ0n) is 47.4. The number of fused-ring (bicyclic) bond motifs is 6. The Kier molecular flexibility index (Phi) is 14.7. The van der Waals surface area contributed by atoms with Crippen LogP contribution in [0.25, 0.3) is 16.7 Å². The molecule has 0 amide bonds. The van der Waals surface area contributed by atoms with E-state index in [0.717, 1.165) is 135 Å². The van der Waals surface area contributed by atoms with Crippen molar-refractivity contribution in [3.8, 4) is 16.9 Å². The number of aliphatic hydroxyl groups is 1. The highest BCUT2D eigenvalue weighted by atomic mass is 16.6. The molecule has 13 atom stereocenters. The Bertz CT molecular complexity index is 3180. The molecule has 11 aliphatic rings. The van der Waals surface area contributed by atoms with Gasteiger partial charge in [0.25, 0.3) is 0 Å². The predicted octanol–water partition coefficient (Wildman–Crippen LogP) is 10.7. The Balaban J connectivity index is 0.994. The summed E-state index contributed by atoms with van der Waals surface area (Å²) in [6.45, 7) is 7.84. The van der Waals surface area contributed by atoms with Crippen LogP contribution in [-0.4, -0.2) is 68.2 Å². The smallest absolute Gasteiger partial charge is 0.340 e. The first-order valence-corrected chi connectivity index (χ1v) is 30.6. The van der Waals surface area contributed by atoms with Crippen LogP contribution < -0.4 is 26.6 Å². The molecule has 11 heteroatoms. The van der Waals surface area contributed by atoms with E-state index in [0.29, 0.717) is 54.5 Å². The van der Waals surface area contributed by atoms with Gasteiger partial charge in [-0.3, -0.25) is 0 Å². The van der Waals surface area contributed by atoms with Gasteiger partial charge in [-0.2, -0.15) is 0 Å². The molecule has 4 aromatic carbocycles. The lowest BCUT2D eigenvalue weighted by Gasteiger charge is -2.56. The van der Waals surface area contributed by atoms with Gasteiger partial charge in [0.2, 0.25) is 0 Å². The van der Waals surface area contributed by atoms with Gasteiger partial charge >= 0.3 is 11.9 Å². The molecule has 1 spiro atoms. The van der Waals surface area contributed by atoms with Gasteiger partial charge < -0.3 is 46.3 Å². The average molecular weight is 1080 g/mol. The number of hydrogen-bond acceptors (Lipinski definition) is 11. The van der Waals surface area contributed by atoms with Crippen LogP contribution in [0.15, 0.2) is 131 Å². The molecule has 80 heavy (non-hydrogen) atoms. The lowest BCUT2D eigenvalue weighted by Crippen LogP contribution is -2.57. The molecule has 0 aromatic heterocycles. The molecule has 2 saturated heterocycles. The Morgan fingerprint density at radius 1 is 0.825 bits per heavy atom. The number of aliphatic hydroxyl groups excluding tert-OH is 1. The van der Waals surface area contributed by atoms with Crippen LogP contribution in [0.5, 0.6) is 5.75 Å². The summed E-state index contributed by atoms with van der Waals surface area (Å²) in [5.41, 5.74) is 11.6. The van der Waals surface area contributed by atoms with Crippen LogP contribution in [0.2, 0.25) is 0 Å². The summed E-state index contributed by atoms with van der Waals surface area (Å²) in [6, 6.07) is 32.2. The highest BCUT2D eigenvalue weighted by Crippen LogP contribution is 2.73. The van der Waals surface area contributed by atoms with Crippen molar-refractivity contribution in [2.45, 2.75) is 129 Å². The zero-order chi connectivity index (χ0) is 54.9. The van der Waals surface area contributed by atoms with Crippen molar-refractivity contribution in [2.24, 2.45) is 58.2 Å². The number of carbonyl (C=O) groups excluding carboxylic acids is 2. The number of esters is 2. The predicted molar refractivity (Wildman–Crippen MR) is 313 cm³/mol. The third kappa shape index (κ3) is 9.27. The Hall–Kier alpha value is -5.66. The fourth-order valence-electron chi connectivity index (χ4n) is 18.1. The fraction of sp³-hybridized carbons (Fsp3) is 0.507. The lowest BCUT2D eigenvalue weighted by atomic mass is 9.44.